The second kappa shape index (κ2) is 13.8. The number of anilines is 1. The third-order valence-electron chi connectivity index (χ3n) is 7.20. The van der Waals surface area contributed by atoms with Crippen molar-refractivity contribution in [1.82, 2.24) is 0 Å². The van der Waals surface area contributed by atoms with Gasteiger partial charge in [-0.15, -0.1) is 11.8 Å². The van der Waals surface area contributed by atoms with Gasteiger partial charge in [-0.1, -0.05) is 35.3 Å². The topological polar surface area (TPSA) is 59.7 Å². The first kappa shape index (κ1) is 31.4. The normalized spacial score (nSPS) is 17.9. The summed E-state index contributed by atoms with van der Waals surface area (Å²) in [4.78, 5) is 11.0. The average molecular weight is 660 g/mol. The van der Waals surface area contributed by atoms with Gasteiger partial charge in [0, 0.05) is 39.6 Å². The zero-order valence-corrected chi connectivity index (χ0v) is 28.5. The van der Waals surface area contributed by atoms with Gasteiger partial charge in [0.2, 0.25) is 5.52 Å². The van der Waals surface area contributed by atoms with E-state index in [1.807, 2.05) is 17.8 Å². The number of thiazole rings is 1. The van der Waals surface area contributed by atoms with Crippen LogP contribution in [0, 0.1) is 0 Å². The van der Waals surface area contributed by atoms with E-state index in [9.17, 15) is 8.42 Å². The van der Waals surface area contributed by atoms with Crippen molar-refractivity contribution in [3.63, 3.8) is 0 Å². The van der Waals surface area contributed by atoms with Crippen molar-refractivity contribution in [2.75, 3.05) is 31.1 Å². The van der Waals surface area contributed by atoms with Crippen LogP contribution in [0.2, 0.25) is 0 Å². The summed E-state index contributed by atoms with van der Waals surface area (Å²) in [6.07, 6.45) is 15.7. The molecule has 0 saturated carbocycles. The number of fused-ring (bicyclic) bond motifs is 2. The molecule has 0 saturated heterocycles. The van der Waals surface area contributed by atoms with E-state index in [4.69, 9.17) is 9.22 Å². The van der Waals surface area contributed by atoms with Gasteiger partial charge in [-0.05, 0) is 86.9 Å². The minimum absolute atomic E-state index is 0.364. The Morgan fingerprint density at radius 2 is 1.93 bits per heavy atom. The maximum Gasteiger partial charge on any atom is 0.262 e. The number of aromatic nitrogens is 1. The van der Waals surface area contributed by atoms with Crippen LogP contribution in [-0.2, 0) is 25.6 Å². The molecular weight excluding hydrogens is 625 g/mol. The van der Waals surface area contributed by atoms with Gasteiger partial charge in [0.25, 0.3) is 5.01 Å². The maximum absolute atomic E-state index is 12.1. The Morgan fingerprint density at radius 3 is 2.64 bits per heavy atom. The number of benzene rings is 2. The third-order valence-corrected chi connectivity index (χ3v) is 12.1. The maximum atomic E-state index is 12.1. The second-order valence-corrected chi connectivity index (χ2v) is 15.6. The van der Waals surface area contributed by atoms with Gasteiger partial charge in [-0.3, -0.25) is 0 Å². The summed E-state index contributed by atoms with van der Waals surface area (Å²) in [6, 6.07) is 11.8. The predicted molar refractivity (Wildman–Crippen MR) is 180 cm³/mol. The highest BCUT2D eigenvalue weighted by Gasteiger charge is 2.25. The Labute approximate surface area is 265 Å². The molecule has 5 rings (SSSR count). The molecule has 0 bridgehead atoms. The lowest BCUT2D eigenvalue weighted by Gasteiger charge is -2.21. The van der Waals surface area contributed by atoms with Crippen LogP contribution in [0.25, 0.3) is 16.3 Å². The van der Waals surface area contributed by atoms with Crippen LogP contribution in [0.4, 0.5) is 5.69 Å². The fourth-order valence-electron chi connectivity index (χ4n) is 5.25. The molecule has 0 radical (unpaired) electrons. The van der Waals surface area contributed by atoms with Crippen LogP contribution in [0.1, 0.15) is 38.1 Å². The van der Waals surface area contributed by atoms with Crippen LogP contribution in [0.15, 0.2) is 90.4 Å². The summed E-state index contributed by atoms with van der Waals surface area (Å²) in [5.41, 5.74) is 5.01. The Balaban J connectivity index is 1.43. The molecule has 0 amide bonds. The van der Waals surface area contributed by atoms with Crippen LogP contribution >= 0.6 is 46.9 Å². The Hall–Kier alpha value is -1.99. The highest BCUT2D eigenvalue weighted by atomic mass is 32.2. The van der Waals surface area contributed by atoms with Crippen LogP contribution in [0.3, 0.4) is 0 Å². The van der Waals surface area contributed by atoms with E-state index in [1.165, 1.54) is 57.1 Å². The molecule has 2 aromatic carbocycles. The Morgan fingerprint density at radius 1 is 1.10 bits per heavy atom. The minimum Gasteiger partial charge on any atom is -0.335 e. The van der Waals surface area contributed by atoms with E-state index in [0.29, 0.717) is 4.90 Å². The number of hydrogen-bond acceptors (Lipinski definition) is 9. The number of thioether (sulfide) groups is 2. The van der Waals surface area contributed by atoms with Gasteiger partial charge in [0.15, 0.2) is 9.84 Å². The monoisotopic (exact) mass is 659 g/mol. The molecule has 6 nitrogen and oxygen atoms in total. The smallest absolute Gasteiger partial charge is 0.262 e. The van der Waals surface area contributed by atoms with E-state index >= 15 is 0 Å². The summed E-state index contributed by atoms with van der Waals surface area (Å²) in [7, 11) is -1.74. The van der Waals surface area contributed by atoms with Gasteiger partial charge in [-0.25, -0.2) is 13.3 Å². The Kier molecular flexibility index (Phi) is 10.3. The standard InChI is InChI=1S/C31H35N2O4S5/c1-6-32-25-15-13-23(41-37-36-3)19-27(25)39-29(32)17-11-21-9-8-10-22(31(21)38-4)12-18-30-33(7-2)26-16-14-24(42(5,34)35)20-28(26)40-30/h11-20H,6-10H2,1-5H3/q+1. The molecule has 2 heterocycles. The van der Waals surface area contributed by atoms with Gasteiger partial charge in [0.1, 0.15) is 11.2 Å². The van der Waals surface area contributed by atoms with Crippen molar-refractivity contribution in [1.29, 1.82) is 0 Å². The zero-order chi connectivity index (χ0) is 29.9. The fraction of sp³-hybridized carbons (Fsp3) is 0.323. The highest BCUT2D eigenvalue weighted by Crippen LogP contribution is 2.47. The molecule has 0 fully saturated rings. The Bertz CT molecular complexity index is 1720. The van der Waals surface area contributed by atoms with E-state index in [0.717, 1.165) is 52.5 Å². The van der Waals surface area contributed by atoms with Crippen molar-refractivity contribution in [2.24, 2.45) is 0 Å². The van der Waals surface area contributed by atoms with E-state index in [2.05, 4.69) is 72.1 Å². The SMILES string of the molecule is CCN1/C(=C/C=C2\CCCC(/C=C/c3sc4cc(S(C)(=O)=O)ccc4[n+]3CC)=C2SC)Sc2cc(SOOC)ccc21. The van der Waals surface area contributed by atoms with E-state index in [1.54, 1.807) is 35.2 Å². The molecule has 42 heavy (non-hydrogen) atoms. The first-order valence-electron chi connectivity index (χ1n) is 13.8. The van der Waals surface area contributed by atoms with Crippen molar-refractivity contribution in [2.45, 2.75) is 54.3 Å². The number of rotatable bonds is 10. The lowest BCUT2D eigenvalue weighted by atomic mass is 9.94. The number of hydrogen-bond donors (Lipinski definition) is 0. The molecule has 0 atom stereocenters. The highest BCUT2D eigenvalue weighted by molar-refractivity contribution is 8.03. The molecule has 3 aromatic rings. The summed E-state index contributed by atoms with van der Waals surface area (Å²) in [5.74, 6) is 0. The molecule has 2 aliphatic rings. The van der Waals surface area contributed by atoms with Gasteiger partial charge in [-0.2, -0.15) is 8.90 Å². The van der Waals surface area contributed by atoms with Crippen LogP contribution in [-0.4, -0.2) is 34.6 Å². The average Bonchev–Trinajstić information content (AvgIpc) is 3.53. The van der Waals surface area contributed by atoms with Crippen molar-refractivity contribution in [3.8, 4) is 0 Å². The first-order valence-corrected chi connectivity index (χ1v) is 19.3. The van der Waals surface area contributed by atoms with Gasteiger partial charge < -0.3 is 4.90 Å². The molecule has 1 aliphatic heterocycles. The number of aryl methyl sites for hydroxylation is 1. The van der Waals surface area contributed by atoms with Crippen LogP contribution in [0.5, 0.6) is 0 Å². The lowest BCUT2D eigenvalue weighted by molar-refractivity contribution is -0.665. The molecule has 1 aliphatic carbocycles. The van der Waals surface area contributed by atoms with Gasteiger partial charge in [0.05, 0.1) is 34.8 Å². The minimum atomic E-state index is -3.25. The lowest BCUT2D eigenvalue weighted by Crippen LogP contribution is -2.33. The first-order chi connectivity index (χ1) is 20.3. The fourth-order valence-corrected chi connectivity index (χ4v) is 9.69. The van der Waals surface area contributed by atoms with E-state index < -0.39 is 9.84 Å². The molecule has 1 aromatic heterocycles. The number of nitrogens with zero attached hydrogens (tertiary/aromatic N) is 2. The molecule has 222 valence electrons. The van der Waals surface area contributed by atoms with Gasteiger partial charge >= 0.3 is 0 Å². The third kappa shape index (κ3) is 6.72. The quantitative estimate of drug-likeness (QED) is 0.0931. The number of sulfone groups is 1. The largest absolute Gasteiger partial charge is 0.335 e. The zero-order valence-electron chi connectivity index (χ0n) is 24.4. The van der Waals surface area contributed by atoms with Crippen molar-refractivity contribution < 1.29 is 22.2 Å². The number of allylic oxidation sites excluding steroid dienone is 5. The molecule has 11 heteroatoms. The van der Waals surface area contributed by atoms with Crippen molar-refractivity contribution in [3.05, 3.63) is 80.7 Å². The molecule has 0 spiro atoms. The summed E-state index contributed by atoms with van der Waals surface area (Å²) >= 11 is 6.46. The van der Waals surface area contributed by atoms with Crippen LogP contribution < -0.4 is 9.47 Å². The molecule has 0 N–H and O–H groups in total. The summed E-state index contributed by atoms with van der Waals surface area (Å²) < 4.78 is 32.5. The predicted octanol–water partition coefficient (Wildman–Crippen LogP) is 8.41. The second-order valence-electron chi connectivity index (χ2n) is 9.82. The summed E-state index contributed by atoms with van der Waals surface area (Å²) in [6.45, 7) is 6.02. The molecule has 0 unspecified atom stereocenters. The molecular formula is C31H35N2O4S5+. The van der Waals surface area contributed by atoms with E-state index in [-0.39, 0.29) is 0 Å². The van der Waals surface area contributed by atoms with Crippen molar-refractivity contribution >= 4 is 78.7 Å². The summed E-state index contributed by atoms with van der Waals surface area (Å²) in [5, 5.41) is 2.34.